The van der Waals surface area contributed by atoms with Crippen LogP contribution in [0.25, 0.3) is 0 Å². The number of carbonyl (C=O) groups excluding carboxylic acids is 2. The van der Waals surface area contributed by atoms with Crippen molar-refractivity contribution in [3.05, 3.63) is 0 Å². The van der Waals surface area contributed by atoms with Crippen LogP contribution in [0.5, 0.6) is 0 Å². The number of rotatable bonds is 6. The quantitative estimate of drug-likeness (QED) is 0.769. The fourth-order valence-electron chi connectivity index (χ4n) is 3.58. The van der Waals surface area contributed by atoms with Gasteiger partial charge in [-0.25, -0.2) is 0 Å². The van der Waals surface area contributed by atoms with E-state index in [1.165, 1.54) is 25.7 Å². The molecule has 3 rings (SSSR count). The van der Waals surface area contributed by atoms with Crippen LogP contribution in [-0.4, -0.2) is 85.4 Å². The van der Waals surface area contributed by atoms with Crippen LogP contribution in [0.1, 0.15) is 38.5 Å². The topological polar surface area (TPSA) is 55.9 Å². The second-order valence-electron chi connectivity index (χ2n) is 7.53. The number of piperazine rings is 1. The summed E-state index contributed by atoms with van der Waals surface area (Å²) in [6.45, 7) is 6.92. The molecular weight excluding hydrogens is 304 g/mol. The Kier molecular flexibility index (Phi) is 6.49. The summed E-state index contributed by atoms with van der Waals surface area (Å²) in [6.07, 6.45) is 7.40. The van der Waals surface area contributed by atoms with E-state index in [-0.39, 0.29) is 11.8 Å². The molecule has 2 saturated heterocycles. The second kappa shape index (κ2) is 8.81. The molecule has 3 fully saturated rings. The van der Waals surface area contributed by atoms with Gasteiger partial charge in [-0.1, -0.05) is 12.8 Å². The van der Waals surface area contributed by atoms with E-state index < -0.39 is 0 Å². The van der Waals surface area contributed by atoms with Crippen LogP contribution in [0.4, 0.5) is 0 Å². The zero-order valence-electron chi connectivity index (χ0n) is 14.8. The Morgan fingerprint density at radius 2 is 1.42 bits per heavy atom. The van der Waals surface area contributed by atoms with E-state index in [2.05, 4.69) is 10.2 Å². The van der Waals surface area contributed by atoms with Crippen molar-refractivity contribution in [1.29, 1.82) is 0 Å². The number of nitrogens with one attached hydrogen (secondary N) is 1. The summed E-state index contributed by atoms with van der Waals surface area (Å²) in [5.41, 5.74) is 0. The minimum Gasteiger partial charge on any atom is -0.342 e. The molecule has 6 heteroatoms. The summed E-state index contributed by atoms with van der Waals surface area (Å²) in [5.74, 6) is 1.27. The Hall–Kier alpha value is -1.14. The highest BCUT2D eigenvalue weighted by Crippen LogP contribution is 2.27. The molecule has 0 atom stereocenters. The summed E-state index contributed by atoms with van der Waals surface area (Å²) >= 11 is 0. The zero-order chi connectivity index (χ0) is 16.8. The van der Waals surface area contributed by atoms with Crippen LogP contribution in [-0.2, 0) is 9.59 Å². The first-order valence-electron chi connectivity index (χ1n) is 9.71. The molecule has 0 radical (unpaired) electrons. The first-order valence-corrected chi connectivity index (χ1v) is 9.71. The van der Waals surface area contributed by atoms with E-state index in [4.69, 9.17) is 0 Å². The summed E-state index contributed by atoms with van der Waals surface area (Å²) in [5, 5.41) is 3.27. The Bertz CT molecular complexity index is 423. The minimum atomic E-state index is 0.203. The molecular formula is C18H32N4O2. The van der Waals surface area contributed by atoms with Gasteiger partial charge in [0, 0.05) is 39.3 Å². The third-order valence-electron chi connectivity index (χ3n) is 5.45. The van der Waals surface area contributed by atoms with Crippen LogP contribution in [0, 0.1) is 5.92 Å². The minimum absolute atomic E-state index is 0.203. The molecule has 0 bridgehead atoms. The van der Waals surface area contributed by atoms with E-state index in [1.54, 1.807) is 0 Å². The molecule has 2 aliphatic heterocycles. The number of carbonyl (C=O) groups is 2. The summed E-state index contributed by atoms with van der Waals surface area (Å²) in [7, 11) is 0. The van der Waals surface area contributed by atoms with Gasteiger partial charge >= 0.3 is 0 Å². The fraction of sp³-hybridized carbons (Fsp3) is 0.889. The fourth-order valence-corrected chi connectivity index (χ4v) is 3.58. The van der Waals surface area contributed by atoms with Gasteiger partial charge < -0.3 is 15.1 Å². The molecule has 1 aliphatic carbocycles. The third kappa shape index (κ3) is 5.45. The maximum Gasteiger partial charge on any atom is 0.236 e. The van der Waals surface area contributed by atoms with E-state index in [0.717, 1.165) is 64.6 Å². The SMILES string of the molecule is O=C(CNCC1CC1)N1CCN(CC(=O)N2CCCCCC2)CC1. The predicted molar refractivity (Wildman–Crippen MR) is 93.7 cm³/mol. The highest BCUT2D eigenvalue weighted by Gasteiger charge is 2.25. The van der Waals surface area contributed by atoms with Crippen LogP contribution < -0.4 is 5.32 Å². The number of amides is 2. The Balaban J connectivity index is 1.33. The maximum atomic E-state index is 12.4. The van der Waals surface area contributed by atoms with Gasteiger partial charge in [0.05, 0.1) is 13.1 Å². The van der Waals surface area contributed by atoms with Gasteiger partial charge in [-0.05, 0) is 38.1 Å². The van der Waals surface area contributed by atoms with E-state index in [9.17, 15) is 9.59 Å². The smallest absolute Gasteiger partial charge is 0.236 e. The Labute approximate surface area is 145 Å². The molecule has 0 aromatic heterocycles. The Morgan fingerprint density at radius 1 is 0.792 bits per heavy atom. The van der Waals surface area contributed by atoms with Crippen LogP contribution in [0.15, 0.2) is 0 Å². The molecule has 0 aromatic carbocycles. The molecule has 6 nitrogen and oxygen atoms in total. The summed E-state index contributed by atoms with van der Waals surface area (Å²) in [6, 6.07) is 0. The molecule has 0 spiro atoms. The second-order valence-corrected chi connectivity index (χ2v) is 7.53. The van der Waals surface area contributed by atoms with Gasteiger partial charge in [0.15, 0.2) is 0 Å². The number of nitrogens with zero attached hydrogens (tertiary/aromatic N) is 3. The lowest BCUT2D eigenvalue weighted by atomic mass is 10.2. The van der Waals surface area contributed by atoms with Gasteiger partial charge in [0.1, 0.15) is 0 Å². The zero-order valence-corrected chi connectivity index (χ0v) is 14.8. The average molecular weight is 336 g/mol. The monoisotopic (exact) mass is 336 g/mol. The molecule has 136 valence electrons. The molecule has 0 aromatic rings. The summed E-state index contributed by atoms with van der Waals surface area (Å²) in [4.78, 5) is 30.8. The highest BCUT2D eigenvalue weighted by molar-refractivity contribution is 5.79. The lowest BCUT2D eigenvalue weighted by molar-refractivity contribution is -0.134. The largest absolute Gasteiger partial charge is 0.342 e. The molecule has 2 amide bonds. The predicted octanol–water partition coefficient (Wildman–Crippen LogP) is 0.533. The molecule has 1 N–H and O–H groups in total. The maximum absolute atomic E-state index is 12.4. The van der Waals surface area contributed by atoms with Crippen LogP contribution >= 0.6 is 0 Å². The molecule has 24 heavy (non-hydrogen) atoms. The van der Waals surface area contributed by atoms with Crippen molar-refractivity contribution < 1.29 is 9.59 Å². The van der Waals surface area contributed by atoms with Gasteiger partial charge in [0.2, 0.25) is 11.8 Å². The van der Waals surface area contributed by atoms with E-state index >= 15 is 0 Å². The number of likely N-dealkylation sites (tertiary alicyclic amines) is 1. The van der Waals surface area contributed by atoms with Gasteiger partial charge in [-0.3, -0.25) is 14.5 Å². The molecule has 2 heterocycles. The number of hydrogen-bond donors (Lipinski definition) is 1. The van der Waals surface area contributed by atoms with Crippen molar-refractivity contribution >= 4 is 11.8 Å². The first kappa shape index (κ1) is 17.7. The lowest BCUT2D eigenvalue weighted by Crippen LogP contribution is -2.53. The van der Waals surface area contributed by atoms with Crippen LogP contribution in [0.2, 0.25) is 0 Å². The van der Waals surface area contributed by atoms with Crippen LogP contribution in [0.3, 0.4) is 0 Å². The van der Waals surface area contributed by atoms with Crippen molar-refractivity contribution in [3.8, 4) is 0 Å². The van der Waals surface area contributed by atoms with E-state index in [1.807, 2.05) is 9.80 Å². The molecule has 1 saturated carbocycles. The molecule has 3 aliphatic rings. The normalized spacial score (nSPS) is 23.2. The van der Waals surface area contributed by atoms with Gasteiger partial charge in [-0.2, -0.15) is 0 Å². The highest BCUT2D eigenvalue weighted by atomic mass is 16.2. The van der Waals surface area contributed by atoms with Gasteiger partial charge in [-0.15, -0.1) is 0 Å². The van der Waals surface area contributed by atoms with Crippen molar-refractivity contribution in [2.24, 2.45) is 5.92 Å². The van der Waals surface area contributed by atoms with E-state index in [0.29, 0.717) is 13.1 Å². The Morgan fingerprint density at radius 3 is 2.04 bits per heavy atom. The standard InChI is InChI=1S/C18H32N4O2/c23-17(14-19-13-16-5-6-16)22-11-9-20(10-12-22)15-18(24)21-7-3-1-2-4-8-21/h16,19H,1-15H2. The first-order chi connectivity index (χ1) is 11.7. The van der Waals surface area contributed by atoms with Gasteiger partial charge in [0.25, 0.3) is 0 Å². The molecule has 0 unspecified atom stereocenters. The average Bonchev–Trinajstić information content (AvgIpc) is 3.42. The summed E-state index contributed by atoms with van der Waals surface area (Å²) < 4.78 is 0. The number of hydrogen-bond acceptors (Lipinski definition) is 4. The van der Waals surface area contributed by atoms with Crippen molar-refractivity contribution in [3.63, 3.8) is 0 Å². The van der Waals surface area contributed by atoms with Crippen molar-refractivity contribution in [2.45, 2.75) is 38.5 Å². The third-order valence-corrected chi connectivity index (χ3v) is 5.45. The van der Waals surface area contributed by atoms with Crippen molar-refractivity contribution in [1.82, 2.24) is 20.0 Å². The lowest BCUT2D eigenvalue weighted by Gasteiger charge is -2.35. The van der Waals surface area contributed by atoms with Crippen molar-refractivity contribution in [2.75, 3.05) is 58.9 Å².